The summed E-state index contributed by atoms with van der Waals surface area (Å²) in [5.74, 6) is 2.07. The summed E-state index contributed by atoms with van der Waals surface area (Å²) in [5, 5.41) is 13.0. The minimum atomic E-state index is -0.616. The van der Waals surface area contributed by atoms with Gasteiger partial charge in [0.15, 0.2) is 11.6 Å². The molecule has 0 radical (unpaired) electrons. The van der Waals surface area contributed by atoms with Crippen molar-refractivity contribution in [3.63, 3.8) is 0 Å². The molecule has 0 saturated carbocycles. The van der Waals surface area contributed by atoms with Gasteiger partial charge in [0.05, 0.1) is 0 Å². The van der Waals surface area contributed by atoms with E-state index in [0.29, 0.717) is 12.6 Å². The average molecular weight is 271 g/mol. The maximum Gasteiger partial charge on any atom is 0.165 e. The van der Waals surface area contributed by atoms with E-state index in [1.165, 1.54) is 11.8 Å². The highest BCUT2D eigenvalue weighted by molar-refractivity contribution is 7.99. The maximum absolute atomic E-state index is 13.2. The number of aliphatic hydroxyl groups is 1. The van der Waals surface area contributed by atoms with E-state index < -0.39 is 11.9 Å². The lowest BCUT2D eigenvalue weighted by Gasteiger charge is -2.16. The molecule has 2 rings (SSSR count). The summed E-state index contributed by atoms with van der Waals surface area (Å²) in [7, 11) is 0. The summed E-state index contributed by atoms with van der Waals surface area (Å²) >= 11 is 1.92. The zero-order valence-electron chi connectivity index (χ0n) is 10.1. The lowest BCUT2D eigenvalue weighted by atomic mass is 10.2. The quantitative estimate of drug-likeness (QED) is 0.825. The molecule has 100 valence electrons. The standard InChI is InChI=1S/C13H18FNO2S/c14-12-3-1-2-4-13(12)17-8-11(16)7-15-10-5-6-18-9-10/h1-4,10-11,15-16H,5-9H2. The van der Waals surface area contributed by atoms with Crippen molar-refractivity contribution in [3.8, 4) is 5.75 Å². The number of para-hydroxylation sites is 1. The molecular weight excluding hydrogens is 253 g/mol. The first-order chi connectivity index (χ1) is 8.75. The van der Waals surface area contributed by atoms with Crippen LogP contribution in [0.3, 0.4) is 0 Å². The van der Waals surface area contributed by atoms with Gasteiger partial charge in [-0.2, -0.15) is 11.8 Å². The van der Waals surface area contributed by atoms with Gasteiger partial charge in [0, 0.05) is 18.3 Å². The van der Waals surface area contributed by atoms with Gasteiger partial charge in [-0.25, -0.2) is 4.39 Å². The van der Waals surface area contributed by atoms with E-state index in [0.717, 1.165) is 12.2 Å². The van der Waals surface area contributed by atoms with Crippen LogP contribution in [0.2, 0.25) is 0 Å². The number of aliphatic hydroxyl groups excluding tert-OH is 1. The van der Waals surface area contributed by atoms with Crippen LogP contribution in [0.1, 0.15) is 6.42 Å². The molecule has 1 aromatic rings. The van der Waals surface area contributed by atoms with Gasteiger partial charge in [0.1, 0.15) is 12.7 Å². The van der Waals surface area contributed by atoms with Crippen LogP contribution < -0.4 is 10.1 Å². The molecule has 3 nitrogen and oxygen atoms in total. The molecule has 18 heavy (non-hydrogen) atoms. The summed E-state index contributed by atoms with van der Waals surface area (Å²) in [6.07, 6.45) is 0.529. The first kappa shape index (κ1) is 13.6. The highest BCUT2D eigenvalue weighted by Crippen LogP contribution is 2.17. The van der Waals surface area contributed by atoms with Crippen LogP contribution in [0.4, 0.5) is 4.39 Å². The summed E-state index contributed by atoms with van der Waals surface area (Å²) in [6.45, 7) is 0.591. The Bertz CT molecular complexity index is 372. The van der Waals surface area contributed by atoms with Crippen LogP contribution in [-0.4, -0.2) is 41.9 Å². The molecule has 0 aliphatic carbocycles. The van der Waals surface area contributed by atoms with E-state index in [4.69, 9.17) is 4.74 Å². The van der Waals surface area contributed by atoms with Crippen LogP contribution in [-0.2, 0) is 0 Å². The van der Waals surface area contributed by atoms with Crippen molar-refractivity contribution in [2.75, 3.05) is 24.7 Å². The van der Waals surface area contributed by atoms with Gasteiger partial charge in [0.25, 0.3) is 0 Å². The van der Waals surface area contributed by atoms with Crippen molar-refractivity contribution in [1.29, 1.82) is 0 Å². The van der Waals surface area contributed by atoms with E-state index >= 15 is 0 Å². The molecule has 2 unspecified atom stereocenters. The summed E-state index contributed by atoms with van der Waals surface area (Å²) in [6, 6.07) is 6.70. The predicted octanol–water partition coefficient (Wildman–Crippen LogP) is 1.66. The number of hydrogen-bond acceptors (Lipinski definition) is 4. The third kappa shape index (κ3) is 4.15. The Kier molecular flexibility index (Phi) is 5.28. The van der Waals surface area contributed by atoms with Crippen LogP contribution in [0, 0.1) is 5.82 Å². The Balaban J connectivity index is 1.68. The minimum absolute atomic E-state index is 0.105. The van der Waals surface area contributed by atoms with Crippen molar-refractivity contribution in [2.24, 2.45) is 0 Å². The van der Waals surface area contributed by atoms with Crippen molar-refractivity contribution >= 4 is 11.8 Å². The maximum atomic E-state index is 13.2. The third-order valence-corrected chi connectivity index (χ3v) is 4.00. The van der Waals surface area contributed by atoms with Gasteiger partial charge in [-0.3, -0.25) is 0 Å². The number of ether oxygens (including phenoxy) is 1. The second kappa shape index (κ2) is 6.97. The predicted molar refractivity (Wildman–Crippen MR) is 71.6 cm³/mol. The van der Waals surface area contributed by atoms with Crippen molar-refractivity contribution in [1.82, 2.24) is 5.32 Å². The molecule has 2 N–H and O–H groups in total. The third-order valence-electron chi connectivity index (χ3n) is 2.84. The second-order valence-corrected chi connectivity index (χ2v) is 5.51. The molecule has 0 aromatic heterocycles. The summed E-state index contributed by atoms with van der Waals surface area (Å²) in [5.41, 5.74) is 0. The molecular formula is C13H18FNO2S. The molecule has 1 fully saturated rings. The zero-order valence-corrected chi connectivity index (χ0v) is 11.0. The van der Waals surface area contributed by atoms with Crippen molar-refractivity contribution in [3.05, 3.63) is 30.1 Å². The lowest BCUT2D eigenvalue weighted by Crippen LogP contribution is -2.38. The Labute approximate surface area is 111 Å². The normalized spacial score (nSPS) is 20.9. The Hall–Kier alpha value is -0.780. The molecule has 2 atom stereocenters. The minimum Gasteiger partial charge on any atom is -0.488 e. The van der Waals surface area contributed by atoms with Crippen LogP contribution in [0.5, 0.6) is 5.75 Å². The molecule has 1 aromatic carbocycles. The first-order valence-corrected chi connectivity index (χ1v) is 7.27. The average Bonchev–Trinajstić information content (AvgIpc) is 2.88. The monoisotopic (exact) mass is 271 g/mol. The molecule has 1 aliphatic heterocycles. The summed E-state index contributed by atoms with van der Waals surface area (Å²) < 4.78 is 18.5. The van der Waals surface area contributed by atoms with Gasteiger partial charge in [-0.05, 0) is 24.3 Å². The molecule has 0 spiro atoms. The highest BCUT2D eigenvalue weighted by atomic mass is 32.2. The van der Waals surface area contributed by atoms with Gasteiger partial charge < -0.3 is 15.2 Å². The SMILES string of the molecule is OC(CNC1CCSC1)COc1ccccc1F. The van der Waals surface area contributed by atoms with Crippen LogP contribution >= 0.6 is 11.8 Å². The van der Waals surface area contributed by atoms with E-state index in [-0.39, 0.29) is 12.4 Å². The molecule has 5 heteroatoms. The largest absolute Gasteiger partial charge is 0.488 e. The molecule has 1 aliphatic rings. The number of thioether (sulfide) groups is 1. The highest BCUT2D eigenvalue weighted by Gasteiger charge is 2.16. The number of benzene rings is 1. The second-order valence-electron chi connectivity index (χ2n) is 4.36. The van der Waals surface area contributed by atoms with Crippen LogP contribution in [0.25, 0.3) is 0 Å². The van der Waals surface area contributed by atoms with Gasteiger partial charge in [0.2, 0.25) is 0 Å². The first-order valence-electron chi connectivity index (χ1n) is 6.12. The van der Waals surface area contributed by atoms with E-state index in [1.807, 2.05) is 11.8 Å². The van der Waals surface area contributed by atoms with E-state index in [1.54, 1.807) is 18.2 Å². The van der Waals surface area contributed by atoms with Gasteiger partial charge >= 0.3 is 0 Å². The van der Waals surface area contributed by atoms with Crippen molar-refractivity contribution in [2.45, 2.75) is 18.6 Å². The summed E-state index contributed by atoms with van der Waals surface area (Å²) in [4.78, 5) is 0. The molecule has 1 heterocycles. The smallest absolute Gasteiger partial charge is 0.165 e. The Morgan fingerprint density at radius 2 is 2.33 bits per heavy atom. The van der Waals surface area contributed by atoms with Crippen LogP contribution in [0.15, 0.2) is 24.3 Å². The number of hydrogen-bond donors (Lipinski definition) is 2. The number of halogens is 1. The number of nitrogens with one attached hydrogen (secondary N) is 1. The Morgan fingerprint density at radius 3 is 3.06 bits per heavy atom. The molecule has 1 saturated heterocycles. The topological polar surface area (TPSA) is 41.5 Å². The lowest BCUT2D eigenvalue weighted by molar-refractivity contribution is 0.102. The van der Waals surface area contributed by atoms with Crippen molar-refractivity contribution < 1.29 is 14.2 Å². The van der Waals surface area contributed by atoms with E-state index in [9.17, 15) is 9.50 Å². The van der Waals surface area contributed by atoms with E-state index in [2.05, 4.69) is 5.32 Å². The fourth-order valence-corrected chi connectivity index (χ4v) is 2.99. The molecule has 0 bridgehead atoms. The zero-order chi connectivity index (χ0) is 12.8. The fourth-order valence-electron chi connectivity index (χ4n) is 1.80. The van der Waals surface area contributed by atoms with Gasteiger partial charge in [-0.15, -0.1) is 0 Å². The fraction of sp³-hybridized carbons (Fsp3) is 0.538. The molecule has 0 amide bonds. The van der Waals surface area contributed by atoms with Gasteiger partial charge in [-0.1, -0.05) is 12.1 Å². The Morgan fingerprint density at radius 1 is 1.50 bits per heavy atom. The number of rotatable bonds is 6.